The van der Waals surface area contributed by atoms with Gasteiger partial charge in [-0.2, -0.15) is 0 Å². The maximum absolute atomic E-state index is 11.5. The number of H-pyrrole nitrogens is 1. The Bertz CT molecular complexity index is 699. The summed E-state index contributed by atoms with van der Waals surface area (Å²) in [4.78, 5) is 14.0. The monoisotopic (exact) mass is 249 g/mol. The molecule has 2 aromatic rings. The first-order valence-corrected chi connectivity index (χ1v) is 5.68. The molecule has 0 fully saturated rings. The fourth-order valence-corrected chi connectivity index (χ4v) is 2.14. The lowest BCUT2D eigenvalue weighted by molar-refractivity contribution is 0.407. The highest BCUT2D eigenvalue weighted by molar-refractivity contribution is 7.07. The molecule has 2 rings (SSSR count). The maximum Gasteiger partial charge on any atom is 0.266 e. The lowest BCUT2D eigenvalue weighted by Gasteiger charge is -2.02. The van der Waals surface area contributed by atoms with E-state index < -0.39 is 0 Å². The molecule has 0 saturated carbocycles. The summed E-state index contributed by atoms with van der Waals surface area (Å²) >= 11 is 1.25. The zero-order valence-corrected chi connectivity index (χ0v) is 10.0. The first-order chi connectivity index (χ1) is 8.10. The Morgan fingerprint density at radius 2 is 2.29 bits per heavy atom. The number of phenols is 1. The summed E-state index contributed by atoms with van der Waals surface area (Å²) in [6.45, 7) is 3.65. The number of hydrogen-bond donors (Lipinski definition) is 2. The molecule has 17 heavy (non-hydrogen) atoms. The molecule has 0 saturated heterocycles. The fourth-order valence-electron chi connectivity index (χ4n) is 1.40. The van der Waals surface area contributed by atoms with E-state index in [4.69, 9.17) is 4.74 Å². The van der Waals surface area contributed by atoms with Crippen molar-refractivity contribution < 1.29 is 9.84 Å². The van der Waals surface area contributed by atoms with Crippen LogP contribution in [-0.4, -0.2) is 17.2 Å². The average Bonchev–Trinajstić information content (AvgIpc) is 2.60. The minimum absolute atomic E-state index is 0.0720. The molecule has 0 aliphatic heterocycles. The summed E-state index contributed by atoms with van der Waals surface area (Å²) in [7, 11) is 1.52. The van der Waals surface area contributed by atoms with Crippen molar-refractivity contribution in [3.05, 3.63) is 43.3 Å². The Labute approximate surface area is 101 Å². The molecule has 88 valence electrons. The molecule has 4 nitrogen and oxygen atoms in total. The molecule has 0 atom stereocenters. The third-order valence-corrected chi connectivity index (χ3v) is 3.11. The van der Waals surface area contributed by atoms with Gasteiger partial charge in [0.05, 0.1) is 16.3 Å². The number of phenolic OH excluding ortho intramolecular Hbond substituents is 1. The second-order valence-corrected chi connectivity index (χ2v) is 4.55. The molecular weight excluding hydrogens is 238 g/mol. The first-order valence-electron chi connectivity index (χ1n) is 4.87. The van der Waals surface area contributed by atoms with Crippen molar-refractivity contribution in [2.24, 2.45) is 0 Å². The van der Waals surface area contributed by atoms with Crippen LogP contribution in [0, 0.1) is 0 Å². The van der Waals surface area contributed by atoms with Crippen molar-refractivity contribution in [1.82, 2.24) is 4.98 Å². The highest BCUT2D eigenvalue weighted by Gasteiger charge is 2.01. The zero-order valence-electron chi connectivity index (χ0n) is 9.19. The van der Waals surface area contributed by atoms with Crippen LogP contribution in [0.4, 0.5) is 0 Å². The molecular formula is C12H11NO3S. The van der Waals surface area contributed by atoms with Crippen LogP contribution in [-0.2, 0) is 0 Å². The number of thiazole rings is 1. The lowest BCUT2D eigenvalue weighted by Crippen LogP contribution is -2.19. The van der Waals surface area contributed by atoms with Gasteiger partial charge in [-0.05, 0) is 18.2 Å². The van der Waals surface area contributed by atoms with Crippen LogP contribution in [0.25, 0.3) is 12.7 Å². The van der Waals surface area contributed by atoms with Gasteiger partial charge in [-0.3, -0.25) is 4.79 Å². The van der Waals surface area contributed by atoms with Gasteiger partial charge in [-0.25, -0.2) is 0 Å². The van der Waals surface area contributed by atoms with Gasteiger partial charge in [0, 0.05) is 11.6 Å². The minimum atomic E-state index is -0.199. The standard InChI is InChI=1S/C12H11NO3S/c1-7-13-12(15)11(17-7)5-8-3-4-9(16-2)6-10(8)14/h3-6,14H,1H2,2H3,(H,13,15)/b11-5-. The van der Waals surface area contributed by atoms with Gasteiger partial charge >= 0.3 is 0 Å². The van der Waals surface area contributed by atoms with Crippen LogP contribution >= 0.6 is 11.3 Å². The van der Waals surface area contributed by atoms with Crippen molar-refractivity contribution in [1.29, 1.82) is 0 Å². The third kappa shape index (κ3) is 2.39. The van der Waals surface area contributed by atoms with E-state index in [-0.39, 0.29) is 11.3 Å². The molecule has 1 aromatic carbocycles. The van der Waals surface area contributed by atoms with Crippen LogP contribution in [0.5, 0.6) is 11.5 Å². The number of rotatable bonds is 2. The van der Waals surface area contributed by atoms with Crippen LogP contribution in [0.3, 0.4) is 0 Å². The van der Waals surface area contributed by atoms with Crippen molar-refractivity contribution in [2.45, 2.75) is 0 Å². The Morgan fingerprint density at radius 3 is 2.82 bits per heavy atom. The van der Waals surface area contributed by atoms with Gasteiger partial charge in [-0.1, -0.05) is 6.58 Å². The zero-order chi connectivity index (χ0) is 12.4. The number of aromatic amines is 1. The van der Waals surface area contributed by atoms with Crippen molar-refractivity contribution in [3.63, 3.8) is 0 Å². The lowest BCUT2D eigenvalue weighted by atomic mass is 10.2. The van der Waals surface area contributed by atoms with Gasteiger partial charge in [0.2, 0.25) is 0 Å². The van der Waals surface area contributed by atoms with E-state index in [0.717, 1.165) is 0 Å². The maximum atomic E-state index is 11.5. The van der Waals surface area contributed by atoms with E-state index in [9.17, 15) is 9.90 Å². The molecule has 0 radical (unpaired) electrons. The van der Waals surface area contributed by atoms with E-state index in [2.05, 4.69) is 11.6 Å². The van der Waals surface area contributed by atoms with Crippen molar-refractivity contribution >= 4 is 24.0 Å². The summed E-state index contributed by atoms with van der Waals surface area (Å²) in [6.07, 6.45) is 1.62. The Hall–Kier alpha value is -2.01. The summed E-state index contributed by atoms with van der Waals surface area (Å²) in [5, 5.41) is 9.75. The summed E-state index contributed by atoms with van der Waals surface area (Å²) in [5.41, 5.74) is 0.369. The van der Waals surface area contributed by atoms with Crippen LogP contribution in [0.15, 0.2) is 23.0 Å². The van der Waals surface area contributed by atoms with Gasteiger partial charge < -0.3 is 14.8 Å². The van der Waals surface area contributed by atoms with Crippen LogP contribution < -0.4 is 19.5 Å². The van der Waals surface area contributed by atoms with E-state index in [1.165, 1.54) is 24.5 Å². The average molecular weight is 249 g/mol. The molecule has 0 aliphatic rings. The molecule has 2 N–H and O–H groups in total. The first kappa shape index (κ1) is 11.5. The number of hydrogen-bond acceptors (Lipinski definition) is 4. The second kappa shape index (κ2) is 4.47. The molecule has 0 bridgehead atoms. The molecule has 1 heterocycles. The summed E-state index contributed by atoms with van der Waals surface area (Å²) < 4.78 is 6.08. The van der Waals surface area contributed by atoms with E-state index in [1.807, 2.05) is 0 Å². The van der Waals surface area contributed by atoms with E-state index in [0.29, 0.717) is 20.5 Å². The Morgan fingerprint density at radius 1 is 1.53 bits per heavy atom. The van der Waals surface area contributed by atoms with Gasteiger partial charge in [0.25, 0.3) is 5.56 Å². The second-order valence-electron chi connectivity index (χ2n) is 3.41. The number of nitrogens with one attached hydrogen (secondary N) is 1. The number of ether oxygens (including phenoxy) is 1. The molecule has 1 aromatic heterocycles. The number of benzene rings is 1. The van der Waals surface area contributed by atoms with Gasteiger partial charge in [0.1, 0.15) is 11.5 Å². The minimum Gasteiger partial charge on any atom is -0.507 e. The molecule has 0 amide bonds. The van der Waals surface area contributed by atoms with E-state index >= 15 is 0 Å². The Kier molecular flexibility index (Phi) is 3.01. The number of methoxy groups -OCH3 is 1. The molecule has 0 spiro atoms. The highest BCUT2D eigenvalue weighted by Crippen LogP contribution is 2.23. The molecule has 5 heteroatoms. The molecule has 0 unspecified atom stereocenters. The quantitative estimate of drug-likeness (QED) is 0.809. The van der Waals surface area contributed by atoms with E-state index in [1.54, 1.807) is 18.2 Å². The smallest absolute Gasteiger partial charge is 0.266 e. The highest BCUT2D eigenvalue weighted by atomic mass is 32.1. The summed E-state index contributed by atoms with van der Waals surface area (Å²) in [6, 6.07) is 4.91. The normalized spacial score (nSPS) is 11.7. The van der Waals surface area contributed by atoms with Gasteiger partial charge in [-0.15, -0.1) is 11.3 Å². The number of aromatic hydroxyl groups is 1. The van der Waals surface area contributed by atoms with Crippen LogP contribution in [0.1, 0.15) is 5.56 Å². The van der Waals surface area contributed by atoms with Crippen molar-refractivity contribution in [3.8, 4) is 11.5 Å². The number of aromatic nitrogens is 1. The predicted octanol–water partition coefficient (Wildman–Crippen LogP) is 0.390. The largest absolute Gasteiger partial charge is 0.507 e. The predicted molar refractivity (Wildman–Crippen MR) is 67.9 cm³/mol. The molecule has 0 aliphatic carbocycles. The summed E-state index contributed by atoms with van der Waals surface area (Å²) in [5.74, 6) is 0.639. The Balaban J connectivity index is 2.56. The SMILES string of the molecule is C=c1[nH]c(=O)/c(=C/c2ccc(OC)cc2O)s1. The topological polar surface area (TPSA) is 62.3 Å². The third-order valence-electron chi connectivity index (χ3n) is 2.23. The van der Waals surface area contributed by atoms with Crippen molar-refractivity contribution in [2.75, 3.05) is 7.11 Å². The van der Waals surface area contributed by atoms with Gasteiger partial charge in [0.15, 0.2) is 0 Å². The fraction of sp³-hybridized carbons (Fsp3) is 0.0833. The van der Waals surface area contributed by atoms with Crippen LogP contribution in [0.2, 0.25) is 0 Å².